The lowest BCUT2D eigenvalue weighted by Crippen LogP contribution is -2.42. The Bertz CT molecular complexity index is 546. The molecule has 1 heterocycles. The maximum absolute atomic E-state index is 12.1. The van der Waals surface area contributed by atoms with E-state index in [4.69, 9.17) is 4.74 Å². The summed E-state index contributed by atoms with van der Waals surface area (Å²) in [4.78, 5) is 13.9. The molecule has 0 radical (unpaired) electrons. The molecule has 23 heavy (non-hydrogen) atoms. The summed E-state index contributed by atoms with van der Waals surface area (Å²) in [6.45, 7) is 10.4. The molecule has 0 aromatic heterocycles. The largest absolute Gasteiger partial charge is 0.444 e. The highest BCUT2D eigenvalue weighted by Crippen LogP contribution is 2.22. The number of piperidine rings is 1. The van der Waals surface area contributed by atoms with Gasteiger partial charge in [0.2, 0.25) is 0 Å². The number of amides is 1. The lowest BCUT2D eigenvalue weighted by molar-refractivity contribution is 0.0188. The molecular weight excluding hydrogens is 403 g/mol. The number of benzene rings is 1. The highest BCUT2D eigenvalue weighted by Gasteiger charge is 2.26. The first kappa shape index (κ1) is 18.4. The smallest absolute Gasteiger partial charge is 0.410 e. The molecule has 0 atom stereocenters. The predicted molar refractivity (Wildman–Crippen MR) is 103 cm³/mol. The summed E-state index contributed by atoms with van der Waals surface area (Å²) in [6, 6.07) is 6.47. The van der Waals surface area contributed by atoms with E-state index in [9.17, 15) is 4.79 Å². The van der Waals surface area contributed by atoms with Crippen molar-refractivity contribution in [1.29, 1.82) is 0 Å². The molecule has 1 aliphatic heterocycles. The highest BCUT2D eigenvalue weighted by atomic mass is 127. The number of nitrogens with zero attached hydrogens (tertiary/aromatic N) is 1. The molecule has 1 N–H and O–H groups in total. The van der Waals surface area contributed by atoms with Gasteiger partial charge in [0.15, 0.2) is 0 Å². The maximum Gasteiger partial charge on any atom is 0.410 e. The Labute approximate surface area is 153 Å². The zero-order valence-corrected chi connectivity index (χ0v) is 16.6. The Kier molecular flexibility index (Phi) is 6.17. The first-order chi connectivity index (χ1) is 10.7. The van der Waals surface area contributed by atoms with Crippen molar-refractivity contribution in [1.82, 2.24) is 4.90 Å². The van der Waals surface area contributed by atoms with Crippen LogP contribution in [0.25, 0.3) is 0 Å². The number of carbonyl (C=O) groups excluding carboxylic acids is 1. The molecule has 4 nitrogen and oxygen atoms in total. The van der Waals surface area contributed by atoms with E-state index < -0.39 is 5.60 Å². The van der Waals surface area contributed by atoms with Crippen molar-refractivity contribution in [2.24, 2.45) is 5.92 Å². The zero-order chi connectivity index (χ0) is 17.0. The first-order valence-corrected chi connectivity index (χ1v) is 9.30. The summed E-state index contributed by atoms with van der Waals surface area (Å²) < 4.78 is 6.72. The van der Waals surface area contributed by atoms with Gasteiger partial charge in [-0.1, -0.05) is 6.07 Å². The minimum Gasteiger partial charge on any atom is -0.444 e. The maximum atomic E-state index is 12.1. The highest BCUT2D eigenvalue weighted by molar-refractivity contribution is 14.1. The topological polar surface area (TPSA) is 41.6 Å². The number of hydrogen-bond acceptors (Lipinski definition) is 3. The van der Waals surface area contributed by atoms with Crippen LogP contribution < -0.4 is 5.32 Å². The van der Waals surface area contributed by atoms with E-state index in [-0.39, 0.29) is 6.09 Å². The fourth-order valence-corrected chi connectivity index (χ4v) is 3.13. The Morgan fingerprint density at radius 2 is 2.00 bits per heavy atom. The fourth-order valence-electron chi connectivity index (χ4n) is 2.61. The number of likely N-dealkylation sites (tertiary alicyclic amines) is 1. The van der Waals surface area contributed by atoms with Crippen LogP contribution in [0.2, 0.25) is 0 Å². The second kappa shape index (κ2) is 7.73. The first-order valence-electron chi connectivity index (χ1n) is 8.22. The molecule has 1 saturated heterocycles. The number of hydrogen-bond donors (Lipinski definition) is 1. The van der Waals surface area contributed by atoms with Gasteiger partial charge < -0.3 is 15.0 Å². The minimum absolute atomic E-state index is 0.183. The van der Waals surface area contributed by atoms with Crippen LogP contribution in [0.15, 0.2) is 18.2 Å². The van der Waals surface area contributed by atoms with Crippen molar-refractivity contribution in [3.63, 3.8) is 0 Å². The number of halogens is 1. The third kappa shape index (κ3) is 5.86. The summed E-state index contributed by atoms with van der Waals surface area (Å²) in [7, 11) is 0. The SMILES string of the molecule is Cc1ccc(NCC2CCN(C(=O)OC(C)(C)C)CC2)cc1I. The van der Waals surface area contributed by atoms with Gasteiger partial charge in [-0.2, -0.15) is 0 Å². The van der Waals surface area contributed by atoms with Crippen LogP contribution >= 0.6 is 22.6 Å². The van der Waals surface area contributed by atoms with Gasteiger partial charge in [-0.3, -0.25) is 0 Å². The predicted octanol–water partition coefficient (Wildman–Crippen LogP) is 4.66. The Morgan fingerprint density at radius 3 is 2.57 bits per heavy atom. The van der Waals surface area contributed by atoms with Gasteiger partial charge in [-0.05, 0) is 86.7 Å². The quantitative estimate of drug-likeness (QED) is 0.710. The van der Waals surface area contributed by atoms with E-state index in [1.165, 1.54) is 14.8 Å². The fraction of sp³-hybridized carbons (Fsp3) is 0.611. The van der Waals surface area contributed by atoms with E-state index in [2.05, 4.69) is 53.0 Å². The minimum atomic E-state index is -0.419. The van der Waals surface area contributed by atoms with Gasteiger partial charge in [-0.25, -0.2) is 4.79 Å². The Morgan fingerprint density at radius 1 is 1.35 bits per heavy atom. The lowest BCUT2D eigenvalue weighted by Gasteiger charge is -2.33. The molecule has 5 heteroatoms. The van der Waals surface area contributed by atoms with Crippen molar-refractivity contribution in [2.45, 2.75) is 46.1 Å². The number of carbonyl (C=O) groups is 1. The average Bonchev–Trinajstić information content (AvgIpc) is 2.47. The van der Waals surface area contributed by atoms with Gasteiger partial charge in [0.05, 0.1) is 0 Å². The van der Waals surface area contributed by atoms with Crippen molar-refractivity contribution in [2.75, 3.05) is 25.0 Å². The summed E-state index contributed by atoms with van der Waals surface area (Å²) in [5.41, 5.74) is 2.06. The average molecular weight is 430 g/mol. The number of anilines is 1. The summed E-state index contributed by atoms with van der Waals surface area (Å²) >= 11 is 2.37. The van der Waals surface area contributed by atoms with E-state index in [1.807, 2.05) is 25.7 Å². The molecular formula is C18H27IN2O2. The van der Waals surface area contributed by atoms with Crippen molar-refractivity contribution >= 4 is 34.4 Å². The monoisotopic (exact) mass is 430 g/mol. The summed E-state index contributed by atoms with van der Waals surface area (Å²) in [5, 5.41) is 3.53. The van der Waals surface area contributed by atoms with Crippen molar-refractivity contribution < 1.29 is 9.53 Å². The molecule has 1 amide bonds. The standard InChI is InChI=1S/C18H27IN2O2/c1-13-5-6-15(11-16(13)19)20-12-14-7-9-21(10-8-14)17(22)23-18(2,3)4/h5-6,11,14,20H,7-10,12H2,1-4H3. The normalized spacial score (nSPS) is 16.3. The Hall–Kier alpha value is -0.980. The molecule has 1 fully saturated rings. The molecule has 0 bridgehead atoms. The molecule has 0 saturated carbocycles. The van der Waals surface area contributed by atoms with Gasteiger partial charge in [0.25, 0.3) is 0 Å². The van der Waals surface area contributed by atoms with Crippen LogP contribution in [0.5, 0.6) is 0 Å². The third-order valence-electron chi connectivity index (χ3n) is 4.03. The van der Waals surface area contributed by atoms with Crippen molar-refractivity contribution in [3.8, 4) is 0 Å². The molecule has 0 unspecified atom stereocenters. The van der Waals surface area contributed by atoms with E-state index in [1.54, 1.807) is 0 Å². The molecule has 128 valence electrons. The van der Waals surface area contributed by atoms with Crippen LogP contribution in [-0.4, -0.2) is 36.2 Å². The number of aryl methyl sites for hydroxylation is 1. The molecule has 0 aliphatic carbocycles. The second-order valence-corrected chi connectivity index (χ2v) is 8.42. The summed E-state index contributed by atoms with van der Waals surface area (Å²) in [6.07, 6.45) is 1.86. The molecule has 2 rings (SSSR count). The molecule has 0 spiro atoms. The van der Waals surface area contributed by atoms with Crippen LogP contribution in [0.4, 0.5) is 10.5 Å². The lowest BCUT2D eigenvalue weighted by atomic mass is 9.97. The summed E-state index contributed by atoms with van der Waals surface area (Å²) in [5.74, 6) is 0.604. The number of rotatable bonds is 3. The van der Waals surface area contributed by atoms with Crippen LogP contribution in [0.3, 0.4) is 0 Å². The van der Waals surface area contributed by atoms with E-state index in [0.29, 0.717) is 5.92 Å². The molecule has 1 aromatic carbocycles. The second-order valence-electron chi connectivity index (χ2n) is 7.26. The van der Waals surface area contributed by atoms with Gasteiger partial charge in [0.1, 0.15) is 5.60 Å². The van der Waals surface area contributed by atoms with Crippen LogP contribution in [0.1, 0.15) is 39.2 Å². The van der Waals surface area contributed by atoms with E-state index in [0.717, 1.165) is 32.5 Å². The Balaban J connectivity index is 1.76. The van der Waals surface area contributed by atoms with Crippen LogP contribution in [-0.2, 0) is 4.74 Å². The number of nitrogens with one attached hydrogen (secondary N) is 1. The zero-order valence-electron chi connectivity index (χ0n) is 14.5. The van der Waals surface area contributed by atoms with Gasteiger partial charge in [-0.15, -0.1) is 0 Å². The van der Waals surface area contributed by atoms with Crippen molar-refractivity contribution in [3.05, 3.63) is 27.3 Å². The molecule has 1 aromatic rings. The van der Waals surface area contributed by atoms with Gasteiger partial charge in [0, 0.05) is 28.9 Å². The van der Waals surface area contributed by atoms with Gasteiger partial charge >= 0.3 is 6.09 Å². The number of ether oxygens (including phenoxy) is 1. The van der Waals surface area contributed by atoms with E-state index >= 15 is 0 Å². The third-order valence-corrected chi connectivity index (χ3v) is 5.20. The molecule has 1 aliphatic rings. The van der Waals surface area contributed by atoms with Crippen LogP contribution in [0, 0.1) is 16.4 Å².